The maximum atomic E-state index is 13.8. The molecule has 0 spiro atoms. The molecule has 0 fully saturated rings. The molecule has 4 aromatic rings. The maximum Gasteiger partial charge on any atom is 0.263 e. The minimum absolute atomic E-state index is 0.0629. The fourth-order valence-corrected chi connectivity index (χ4v) is 3.94. The molecule has 0 radical (unpaired) electrons. The second-order valence-electron chi connectivity index (χ2n) is 7.14. The second-order valence-corrected chi connectivity index (χ2v) is 8.17. The van der Waals surface area contributed by atoms with Gasteiger partial charge in [-0.05, 0) is 48.4 Å². The summed E-state index contributed by atoms with van der Waals surface area (Å²) in [6, 6.07) is 16.6. The van der Waals surface area contributed by atoms with Gasteiger partial charge in [-0.25, -0.2) is 9.37 Å². The van der Waals surface area contributed by atoms with Crippen molar-refractivity contribution in [1.82, 2.24) is 10.3 Å². The van der Waals surface area contributed by atoms with Crippen LogP contribution in [-0.4, -0.2) is 16.8 Å². The van der Waals surface area contributed by atoms with E-state index >= 15 is 0 Å². The molecule has 2 aromatic heterocycles. The van der Waals surface area contributed by atoms with Gasteiger partial charge in [-0.1, -0.05) is 30.3 Å². The van der Waals surface area contributed by atoms with E-state index in [9.17, 15) is 14.0 Å². The van der Waals surface area contributed by atoms with Gasteiger partial charge in [-0.3, -0.25) is 9.59 Å². The number of carbonyl (C=O) groups is 2. The Morgan fingerprint density at radius 3 is 2.75 bits per heavy atom. The van der Waals surface area contributed by atoms with Crippen molar-refractivity contribution in [3.63, 3.8) is 0 Å². The quantitative estimate of drug-likeness (QED) is 0.405. The number of amides is 2. The lowest BCUT2D eigenvalue weighted by molar-refractivity contribution is -0.115. The van der Waals surface area contributed by atoms with E-state index in [2.05, 4.69) is 15.6 Å². The lowest BCUT2D eigenvalue weighted by Crippen LogP contribution is -2.26. The summed E-state index contributed by atoms with van der Waals surface area (Å²) in [5, 5.41) is 6.35. The molecule has 1 unspecified atom stereocenters. The molecule has 162 valence electrons. The Kier molecular flexibility index (Phi) is 6.42. The SMILES string of the molecule is CC(NC(=O)c1cnc(-c2ccco2)s1)c1cccc(NC(=O)Cc2ccccc2F)c1. The van der Waals surface area contributed by atoms with Gasteiger partial charge in [0.15, 0.2) is 10.8 Å². The average molecular weight is 450 g/mol. The molecule has 2 aromatic carbocycles. The second kappa shape index (κ2) is 9.57. The third kappa shape index (κ3) is 5.09. The molecule has 0 aliphatic heterocycles. The molecule has 2 N–H and O–H groups in total. The first-order chi connectivity index (χ1) is 15.5. The number of nitrogens with one attached hydrogen (secondary N) is 2. The zero-order valence-corrected chi connectivity index (χ0v) is 18.0. The lowest BCUT2D eigenvalue weighted by Gasteiger charge is -2.15. The molecule has 4 rings (SSSR count). The normalized spacial score (nSPS) is 11.7. The molecule has 0 bridgehead atoms. The Hall–Kier alpha value is -3.78. The summed E-state index contributed by atoms with van der Waals surface area (Å²) in [6.07, 6.45) is 3.01. The predicted octanol–water partition coefficient (Wildman–Crippen LogP) is 5.21. The molecule has 1 atom stereocenters. The summed E-state index contributed by atoms with van der Waals surface area (Å²) >= 11 is 1.24. The van der Waals surface area contributed by atoms with Gasteiger partial charge >= 0.3 is 0 Å². The first kappa shape index (κ1) is 21.5. The summed E-state index contributed by atoms with van der Waals surface area (Å²) in [6.45, 7) is 1.85. The van der Waals surface area contributed by atoms with Crippen molar-refractivity contribution in [2.75, 3.05) is 5.32 Å². The Bertz CT molecular complexity index is 1240. The topological polar surface area (TPSA) is 84.2 Å². The number of benzene rings is 2. The highest BCUT2D eigenvalue weighted by Gasteiger charge is 2.16. The summed E-state index contributed by atoms with van der Waals surface area (Å²) in [5.74, 6) is -0.368. The Morgan fingerprint density at radius 1 is 1.12 bits per heavy atom. The average Bonchev–Trinajstić information content (AvgIpc) is 3.47. The number of anilines is 1. The van der Waals surface area contributed by atoms with Gasteiger partial charge < -0.3 is 15.1 Å². The van der Waals surface area contributed by atoms with Crippen LogP contribution >= 0.6 is 11.3 Å². The van der Waals surface area contributed by atoms with Gasteiger partial charge in [-0.15, -0.1) is 11.3 Å². The van der Waals surface area contributed by atoms with Gasteiger partial charge in [0, 0.05) is 5.69 Å². The first-order valence-electron chi connectivity index (χ1n) is 9.93. The molecule has 0 aliphatic rings. The van der Waals surface area contributed by atoms with Crippen molar-refractivity contribution in [1.29, 1.82) is 0 Å². The van der Waals surface area contributed by atoms with E-state index in [1.807, 2.05) is 13.0 Å². The van der Waals surface area contributed by atoms with E-state index < -0.39 is 5.82 Å². The number of hydrogen-bond donors (Lipinski definition) is 2. The van der Waals surface area contributed by atoms with Crippen LogP contribution in [0.2, 0.25) is 0 Å². The summed E-state index contributed by atoms with van der Waals surface area (Å²) in [7, 11) is 0. The van der Waals surface area contributed by atoms with E-state index in [4.69, 9.17) is 4.42 Å². The first-order valence-corrected chi connectivity index (χ1v) is 10.7. The van der Waals surface area contributed by atoms with Crippen molar-refractivity contribution in [3.8, 4) is 10.8 Å². The number of carbonyl (C=O) groups excluding carboxylic acids is 2. The number of hydrogen-bond acceptors (Lipinski definition) is 5. The van der Waals surface area contributed by atoms with Crippen LogP contribution in [-0.2, 0) is 11.2 Å². The lowest BCUT2D eigenvalue weighted by atomic mass is 10.1. The molecule has 6 nitrogen and oxygen atoms in total. The molecule has 0 saturated carbocycles. The predicted molar refractivity (Wildman–Crippen MR) is 121 cm³/mol. The number of nitrogens with zero attached hydrogens (tertiary/aromatic N) is 1. The highest BCUT2D eigenvalue weighted by atomic mass is 32.1. The molecule has 0 saturated heterocycles. The third-order valence-corrected chi connectivity index (χ3v) is 5.80. The zero-order valence-electron chi connectivity index (χ0n) is 17.2. The highest BCUT2D eigenvalue weighted by Crippen LogP contribution is 2.26. The molecular formula is C24H20FN3O3S. The van der Waals surface area contributed by atoms with E-state index in [-0.39, 0.29) is 24.3 Å². The van der Waals surface area contributed by atoms with Crippen LogP contribution in [0.1, 0.15) is 33.8 Å². The van der Waals surface area contributed by atoms with Crippen molar-refractivity contribution < 1.29 is 18.4 Å². The van der Waals surface area contributed by atoms with E-state index in [1.54, 1.807) is 54.8 Å². The molecule has 2 amide bonds. The van der Waals surface area contributed by atoms with Gasteiger partial charge in [0.2, 0.25) is 5.91 Å². The van der Waals surface area contributed by atoms with Gasteiger partial charge in [0.25, 0.3) is 5.91 Å². The summed E-state index contributed by atoms with van der Waals surface area (Å²) in [5.41, 5.74) is 1.72. The number of halogens is 1. The van der Waals surface area contributed by atoms with Crippen LogP contribution in [0.3, 0.4) is 0 Å². The molecule has 0 aliphatic carbocycles. The van der Waals surface area contributed by atoms with Crippen molar-refractivity contribution in [2.24, 2.45) is 0 Å². The van der Waals surface area contributed by atoms with E-state index in [1.165, 1.54) is 23.6 Å². The number of rotatable bonds is 7. The smallest absolute Gasteiger partial charge is 0.263 e. The van der Waals surface area contributed by atoms with Crippen molar-refractivity contribution >= 4 is 28.8 Å². The largest absolute Gasteiger partial charge is 0.462 e. The third-order valence-electron chi connectivity index (χ3n) is 4.79. The Morgan fingerprint density at radius 2 is 1.97 bits per heavy atom. The van der Waals surface area contributed by atoms with Crippen LogP contribution < -0.4 is 10.6 Å². The minimum Gasteiger partial charge on any atom is -0.462 e. The van der Waals surface area contributed by atoms with Crippen molar-refractivity contribution in [2.45, 2.75) is 19.4 Å². The van der Waals surface area contributed by atoms with Crippen LogP contribution in [0.25, 0.3) is 10.8 Å². The van der Waals surface area contributed by atoms with Crippen molar-refractivity contribution in [3.05, 3.63) is 94.9 Å². The number of furan rings is 1. The molecule has 2 heterocycles. The molecule has 32 heavy (non-hydrogen) atoms. The standard InChI is InChI=1S/C24H20FN3O3S/c1-15(27-23(30)21-14-26-24(32-21)20-10-5-11-31-20)16-7-4-8-18(12-16)28-22(29)13-17-6-2-3-9-19(17)25/h2-12,14-15H,13H2,1H3,(H,27,30)(H,28,29). The summed E-state index contributed by atoms with van der Waals surface area (Å²) in [4.78, 5) is 29.7. The van der Waals surface area contributed by atoms with Gasteiger partial charge in [-0.2, -0.15) is 0 Å². The minimum atomic E-state index is -0.411. The number of thiazole rings is 1. The Balaban J connectivity index is 1.38. The number of aromatic nitrogens is 1. The highest BCUT2D eigenvalue weighted by molar-refractivity contribution is 7.16. The summed E-state index contributed by atoms with van der Waals surface area (Å²) < 4.78 is 19.1. The zero-order chi connectivity index (χ0) is 22.5. The van der Waals surface area contributed by atoms with E-state index in [0.717, 1.165) is 5.56 Å². The monoisotopic (exact) mass is 449 g/mol. The van der Waals surface area contributed by atoms with Crippen LogP contribution in [0.15, 0.2) is 77.5 Å². The van der Waals surface area contributed by atoms with Crippen LogP contribution in [0, 0.1) is 5.82 Å². The van der Waals surface area contributed by atoms with Gasteiger partial charge in [0.05, 0.1) is 24.9 Å². The van der Waals surface area contributed by atoms with E-state index in [0.29, 0.717) is 26.9 Å². The fourth-order valence-electron chi connectivity index (χ4n) is 3.15. The maximum absolute atomic E-state index is 13.8. The van der Waals surface area contributed by atoms with Crippen LogP contribution in [0.5, 0.6) is 0 Å². The van der Waals surface area contributed by atoms with Gasteiger partial charge in [0.1, 0.15) is 10.7 Å². The van der Waals surface area contributed by atoms with Crippen LogP contribution in [0.4, 0.5) is 10.1 Å². The Labute approximate surface area is 188 Å². The molecular weight excluding hydrogens is 429 g/mol. The molecule has 8 heteroatoms. The fraction of sp³-hybridized carbons (Fsp3) is 0.125.